The Morgan fingerprint density at radius 2 is 1.50 bits per heavy atom. The summed E-state index contributed by atoms with van der Waals surface area (Å²) in [5.74, 6) is 0.0807. The van der Waals surface area contributed by atoms with Gasteiger partial charge in [-0.05, 0) is 42.7 Å². The van der Waals surface area contributed by atoms with Crippen LogP contribution in [0.25, 0.3) is 0 Å². The summed E-state index contributed by atoms with van der Waals surface area (Å²) < 4.78 is 37.7. The van der Waals surface area contributed by atoms with Crippen molar-refractivity contribution in [2.45, 2.75) is 32.9 Å². The topological polar surface area (TPSA) is 0 Å². The zero-order valence-electron chi connectivity index (χ0n) is 11.8. The lowest BCUT2D eigenvalue weighted by Gasteiger charge is -2.17. The van der Waals surface area contributed by atoms with Crippen LogP contribution in [0.4, 0.5) is 13.2 Å². The molecule has 0 spiro atoms. The van der Waals surface area contributed by atoms with Gasteiger partial charge in [0.25, 0.3) is 0 Å². The predicted molar refractivity (Wildman–Crippen MR) is 74.9 cm³/mol. The molecule has 106 valence electrons. The molecule has 0 aliphatic carbocycles. The number of benzene rings is 2. The van der Waals surface area contributed by atoms with Gasteiger partial charge in [0, 0.05) is 5.92 Å². The number of hydrogen-bond donors (Lipinski definition) is 0. The fourth-order valence-electron chi connectivity index (χ4n) is 2.37. The van der Waals surface area contributed by atoms with Gasteiger partial charge in [-0.15, -0.1) is 0 Å². The molecule has 0 nitrogen and oxygen atoms in total. The van der Waals surface area contributed by atoms with Gasteiger partial charge < -0.3 is 0 Å². The van der Waals surface area contributed by atoms with Gasteiger partial charge >= 0.3 is 6.18 Å². The van der Waals surface area contributed by atoms with E-state index in [1.807, 2.05) is 32.9 Å². The maximum absolute atomic E-state index is 12.6. The molecular formula is C17H17F3. The molecule has 0 aromatic heterocycles. The first-order chi connectivity index (χ1) is 9.29. The van der Waals surface area contributed by atoms with Crippen LogP contribution in [0.1, 0.15) is 40.7 Å². The molecule has 0 fully saturated rings. The molecule has 3 heteroatoms. The van der Waals surface area contributed by atoms with Crippen molar-refractivity contribution >= 4 is 0 Å². The molecule has 0 aliphatic heterocycles. The van der Waals surface area contributed by atoms with Crippen molar-refractivity contribution in [2.24, 2.45) is 0 Å². The number of aryl methyl sites for hydroxylation is 2. The fraction of sp³-hybridized carbons (Fsp3) is 0.294. The Morgan fingerprint density at radius 1 is 0.900 bits per heavy atom. The Labute approximate surface area is 117 Å². The highest BCUT2D eigenvalue weighted by Crippen LogP contribution is 2.32. The van der Waals surface area contributed by atoms with E-state index in [0.29, 0.717) is 0 Å². The second-order valence-electron chi connectivity index (χ2n) is 5.20. The smallest absolute Gasteiger partial charge is 0.166 e. The van der Waals surface area contributed by atoms with Crippen molar-refractivity contribution in [3.05, 3.63) is 70.3 Å². The molecule has 1 unspecified atom stereocenters. The molecule has 0 bridgehead atoms. The molecular weight excluding hydrogens is 261 g/mol. The van der Waals surface area contributed by atoms with Crippen molar-refractivity contribution in [1.29, 1.82) is 0 Å². The highest BCUT2D eigenvalue weighted by atomic mass is 19.4. The van der Waals surface area contributed by atoms with Crippen LogP contribution in [0.5, 0.6) is 0 Å². The van der Waals surface area contributed by atoms with E-state index in [9.17, 15) is 13.2 Å². The van der Waals surface area contributed by atoms with E-state index in [-0.39, 0.29) is 5.92 Å². The fourth-order valence-corrected chi connectivity index (χ4v) is 2.37. The number of halogens is 3. The summed E-state index contributed by atoms with van der Waals surface area (Å²) in [5, 5.41) is 0. The third-order valence-corrected chi connectivity index (χ3v) is 3.64. The second kappa shape index (κ2) is 5.31. The van der Waals surface area contributed by atoms with E-state index in [2.05, 4.69) is 6.07 Å². The largest absolute Gasteiger partial charge is 0.416 e. The van der Waals surface area contributed by atoms with Crippen LogP contribution < -0.4 is 0 Å². The maximum Gasteiger partial charge on any atom is 0.416 e. The first-order valence-corrected chi connectivity index (χ1v) is 6.53. The SMILES string of the molecule is Cc1ccc(C)c(C(C)c2ccc(C(F)(F)F)cc2)c1. The van der Waals surface area contributed by atoms with Gasteiger partial charge in [0.15, 0.2) is 0 Å². The molecule has 0 heterocycles. The average molecular weight is 278 g/mol. The van der Waals surface area contributed by atoms with Gasteiger partial charge in [-0.3, -0.25) is 0 Å². The predicted octanol–water partition coefficient (Wildman–Crippen LogP) is 5.47. The van der Waals surface area contributed by atoms with Crippen LogP contribution in [-0.2, 0) is 6.18 Å². The van der Waals surface area contributed by atoms with Crippen LogP contribution in [-0.4, -0.2) is 0 Å². The molecule has 0 saturated heterocycles. The van der Waals surface area contributed by atoms with E-state index in [0.717, 1.165) is 34.4 Å². The van der Waals surface area contributed by atoms with Crippen molar-refractivity contribution < 1.29 is 13.2 Å². The highest BCUT2D eigenvalue weighted by Gasteiger charge is 2.30. The minimum Gasteiger partial charge on any atom is -0.166 e. The van der Waals surface area contributed by atoms with Crippen molar-refractivity contribution in [3.8, 4) is 0 Å². The Balaban J connectivity index is 2.34. The normalized spacial score (nSPS) is 13.3. The van der Waals surface area contributed by atoms with Crippen LogP contribution in [0.2, 0.25) is 0 Å². The number of hydrogen-bond acceptors (Lipinski definition) is 0. The first-order valence-electron chi connectivity index (χ1n) is 6.53. The summed E-state index contributed by atoms with van der Waals surface area (Å²) in [4.78, 5) is 0. The molecule has 0 N–H and O–H groups in total. The number of alkyl halides is 3. The Kier molecular flexibility index (Phi) is 3.89. The lowest BCUT2D eigenvalue weighted by atomic mass is 9.89. The Hall–Kier alpha value is -1.77. The van der Waals surface area contributed by atoms with E-state index in [1.165, 1.54) is 0 Å². The third kappa shape index (κ3) is 3.03. The molecule has 20 heavy (non-hydrogen) atoms. The first kappa shape index (κ1) is 14.6. The van der Waals surface area contributed by atoms with Crippen LogP contribution >= 0.6 is 0 Å². The maximum atomic E-state index is 12.6. The van der Waals surface area contributed by atoms with Crippen molar-refractivity contribution in [1.82, 2.24) is 0 Å². The summed E-state index contributed by atoms with van der Waals surface area (Å²) in [6.45, 7) is 6.06. The van der Waals surface area contributed by atoms with Gasteiger partial charge in [0.2, 0.25) is 0 Å². The van der Waals surface area contributed by atoms with Gasteiger partial charge in [-0.1, -0.05) is 42.8 Å². The van der Waals surface area contributed by atoms with Crippen LogP contribution in [0.3, 0.4) is 0 Å². The average Bonchev–Trinajstić information content (AvgIpc) is 2.40. The minimum atomic E-state index is -4.28. The summed E-state index contributed by atoms with van der Waals surface area (Å²) in [7, 11) is 0. The monoisotopic (exact) mass is 278 g/mol. The minimum absolute atomic E-state index is 0.0807. The molecule has 2 rings (SSSR count). The molecule has 2 aromatic rings. The zero-order valence-corrected chi connectivity index (χ0v) is 11.8. The summed E-state index contributed by atoms with van der Waals surface area (Å²) in [6.07, 6.45) is -4.28. The molecule has 1 atom stereocenters. The van der Waals surface area contributed by atoms with E-state index >= 15 is 0 Å². The summed E-state index contributed by atoms with van der Waals surface area (Å²) in [6, 6.07) is 11.6. The van der Waals surface area contributed by atoms with E-state index in [1.54, 1.807) is 12.1 Å². The summed E-state index contributed by atoms with van der Waals surface area (Å²) in [5.41, 5.74) is 3.76. The highest BCUT2D eigenvalue weighted by molar-refractivity contribution is 5.40. The standard InChI is InChI=1S/C17H17F3/c1-11-4-5-12(2)16(10-11)13(3)14-6-8-15(9-7-14)17(18,19)20/h4-10,13H,1-3H3. The van der Waals surface area contributed by atoms with Gasteiger partial charge in [-0.2, -0.15) is 13.2 Å². The molecule has 0 saturated carbocycles. The van der Waals surface area contributed by atoms with Gasteiger partial charge in [0.1, 0.15) is 0 Å². The summed E-state index contributed by atoms with van der Waals surface area (Å²) >= 11 is 0. The van der Waals surface area contributed by atoms with Crippen molar-refractivity contribution in [3.63, 3.8) is 0 Å². The van der Waals surface area contributed by atoms with E-state index < -0.39 is 11.7 Å². The lowest BCUT2D eigenvalue weighted by Crippen LogP contribution is -2.05. The zero-order chi connectivity index (χ0) is 14.9. The molecule has 2 aromatic carbocycles. The molecule has 0 amide bonds. The van der Waals surface area contributed by atoms with Crippen molar-refractivity contribution in [2.75, 3.05) is 0 Å². The van der Waals surface area contributed by atoms with Gasteiger partial charge in [0.05, 0.1) is 5.56 Å². The third-order valence-electron chi connectivity index (χ3n) is 3.64. The Bertz CT molecular complexity index is 595. The van der Waals surface area contributed by atoms with Crippen LogP contribution in [0.15, 0.2) is 42.5 Å². The second-order valence-corrected chi connectivity index (χ2v) is 5.20. The molecule has 0 radical (unpaired) electrons. The molecule has 0 aliphatic rings. The Morgan fingerprint density at radius 3 is 2.05 bits per heavy atom. The number of rotatable bonds is 2. The quantitative estimate of drug-likeness (QED) is 0.683. The lowest BCUT2D eigenvalue weighted by molar-refractivity contribution is -0.137. The van der Waals surface area contributed by atoms with Crippen LogP contribution in [0, 0.1) is 13.8 Å². The van der Waals surface area contributed by atoms with Gasteiger partial charge in [-0.25, -0.2) is 0 Å². The van der Waals surface area contributed by atoms with E-state index in [4.69, 9.17) is 0 Å².